The Balaban J connectivity index is 1.88. The molecule has 0 bridgehead atoms. The van der Waals surface area contributed by atoms with Gasteiger partial charge >= 0.3 is 23.9 Å². The number of phosphoric ester groups is 1. The number of rotatable bonds is 18. The van der Waals surface area contributed by atoms with Gasteiger partial charge in [0.25, 0.3) is 7.82 Å². The molecule has 0 aliphatic rings. The van der Waals surface area contributed by atoms with Gasteiger partial charge in [-0.25, -0.2) is 0 Å². The highest BCUT2D eigenvalue weighted by atomic mass is 31.2. The zero-order valence-electron chi connectivity index (χ0n) is 23.8. The number of hydrogen-bond donors (Lipinski definition) is 0. The normalized spacial score (nSPS) is 13.3. The smallest absolute Gasteiger partial charge is 0.317 e. The van der Waals surface area contributed by atoms with E-state index < -0.39 is 63.9 Å². The molecule has 0 aliphatic carbocycles. The summed E-state index contributed by atoms with van der Waals surface area (Å²) in [5.74, 6) is -3.84. The number of hydrogen-bond acceptors (Lipinski definition) is 12. The second-order valence-corrected chi connectivity index (χ2v) is 11.4. The van der Waals surface area contributed by atoms with E-state index in [0.717, 1.165) is 5.56 Å². The molecule has 0 heterocycles. The molecule has 0 saturated heterocycles. The van der Waals surface area contributed by atoms with E-state index in [1.807, 2.05) is 21.1 Å². The van der Waals surface area contributed by atoms with Crippen LogP contribution in [-0.2, 0) is 65.0 Å². The van der Waals surface area contributed by atoms with E-state index in [4.69, 9.17) is 28.0 Å². The van der Waals surface area contributed by atoms with Crippen LogP contribution in [0.2, 0.25) is 0 Å². The molecule has 0 amide bonds. The van der Waals surface area contributed by atoms with Crippen molar-refractivity contribution in [2.75, 3.05) is 47.5 Å². The molecule has 42 heavy (non-hydrogen) atoms. The highest BCUT2D eigenvalue weighted by Gasteiger charge is 2.24. The summed E-state index contributed by atoms with van der Waals surface area (Å²) in [5, 5.41) is 0. The molecule has 0 saturated carbocycles. The maximum absolute atomic E-state index is 12.4. The first kappa shape index (κ1) is 34.6. The van der Waals surface area contributed by atoms with Crippen LogP contribution < -0.4 is 4.89 Å². The number of nitrogens with zero attached hydrogens (tertiary/aromatic N) is 1. The number of phosphoric acid groups is 1. The van der Waals surface area contributed by atoms with Crippen molar-refractivity contribution < 1.29 is 61.1 Å². The van der Waals surface area contributed by atoms with E-state index in [9.17, 15) is 28.6 Å². The van der Waals surface area contributed by atoms with Crippen LogP contribution >= 0.6 is 7.82 Å². The fourth-order valence-corrected chi connectivity index (χ4v) is 3.76. The van der Waals surface area contributed by atoms with Gasteiger partial charge in [-0.05, 0) is 11.1 Å². The molecule has 0 N–H and O–H groups in total. The fourth-order valence-electron chi connectivity index (χ4n) is 3.03. The van der Waals surface area contributed by atoms with Crippen molar-refractivity contribution in [2.24, 2.45) is 0 Å². The predicted molar refractivity (Wildman–Crippen MR) is 145 cm³/mol. The summed E-state index contributed by atoms with van der Waals surface area (Å²) in [6, 6.07) is 17.6. The van der Waals surface area contributed by atoms with Crippen molar-refractivity contribution in [2.45, 2.75) is 32.2 Å². The van der Waals surface area contributed by atoms with Gasteiger partial charge in [0.2, 0.25) is 0 Å². The van der Waals surface area contributed by atoms with Crippen molar-refractivity contribution in [3.8, 4) is 0 Å². The summed E-state index contributed by atoms with van der Waals surface area (Å²) in [4.78, 5) is 60.7. The van der Waals surface area contributed by atoms with Gasteiger partial charge in [-0.3, -0.25) is 23.7 Å². The molecule has 0 aliphatic heterocycles. The Morgan fingerprint density at radius 1 is 0.714 bits per heavy atom. The maximum Gasteiger partial charge on any atom is 0.317 e. The molecule has 230 valence electrons. The summed E-state index contributed by atoms with van der Waals surface area (Å²) >= 11 is 0. The number of benzene rings is 2. The van der Waals surface area contributed by atoms with Gasteiger partial charge in [-0.2, -0.15) is 0 Å². The van der Waals surface area contributed by atoms with Crippen molar-refractivity contribution in [3.63, 3.8) is 0 Å². The zero-order chi connectivity index (χ0) is 31.0. The summed E-state index contributed by atoms with van der Waals surface area (Å²) in [6.07, 6.45) is -2.99. The molecule has 0 fully saturated rings. The molecule has 0 radical (unpaired) electrons. The molecule has 0 aromatic heterocycles. The summed E-state index contributed by atoms with van der Waals surface area (Å²) < 4.78 is 42.4. The van der Waals surface area contributed by atoms with E-state index >= 15 is 0 Å². The average molecular weight is 610 g/mol. The van der Waals surface area contributed by atoms with Gasteiger partial charge in [-0.1, -0.05) is 60.7 Å². The largest absolute Gasteiger partial charge is 0.756 e. The highest BCUT2D eigenvalue weighted by molar-refractivity contribution is 7.45. The number of esters is 4. The molecular weight excluding hydrogens is 573 g/mol. The second kappa shape index (κ2) is 17.4. The van der Waals surface area contributed by atoms with E-state index in [0.29, 0.717) is 16.6 Å². The Morgan fingerprint density at radius 2 is 1.19 bits per heavy atom. The monoisotopic (exact) mass is 609 g/mol. The Kier molecular flexibility index (Phi) is 14.3. The fraction of sp³-hybridized carbons (Fsp3) is 0.429. The Hall–Kier alpha value is -3.61. The standard InChI is InChI=1S/C28H36NO12P/c1-29(2,3)14-15-39-42(34,35)40-21-24(41-28(33)17-27(32)37-19-23-12-8-5-9-13-23)20-38-26(31)16-25(30)36-18-22-10-6-4-7-11-22/h4-13,24H,14-21H2,1-3H3. The van der Waals surface area contributed by atoms with Crippen molar-refractivity contribution in [1.29, 1.82) is 0 Å². The molecular formula is C28H36NO12P. The van der Waals surface area contributed by atoms with Crippen molar-refractivity contribution in [3.05, 3.63) is 71.8 Å². The lowest BCUT2D eigenvalue weighted by Gasteiger charge is -2.28. The van der Waals surface area contributed by atoms with Crippen LogP contribution in [0.4, 0.5) is 0 Å². The molecule has 2 rings (SSSR count). The minimum atomic E-state index is -4.81. The number of ether oxygens (including phenoxy) is 4. The zero-order valence-corrected chi connectivity index (χ0v) is 24.7. The van der Waals surface area contributed by atoms with Gasteiger partial charge in [0.1, 0.15) is 45.8 Å². The van der Waals surface area contributed by atoms with Gasteiger partial charge < -0.3 is 37.4 Å². The van der Waals surface area contributed by atoms with Crippen LogP contribution in [0, 0.1) is 0 Å². The van der Waals surface area contributed by atoms with E-state index in [-0.39, 0.29) is 19.8 Å². The first-order chi connectivity index (χ1) is 19.8. The average Bonchev–Trinajstić information content (AvgIpc) is 2.92. The molecule has 2 atom stereocenters. The number of carbonyl (C=O) groups excluding carboxylic acids is 4. The van der Waals surface area contributed by atoms with E-state index in [1.165, 1.54) is 0 Å². The summed E-state index contributed by atoms with van der Waals surface area (Å²) in [7, 11) is 0.704. The first-order valence-electron chi connectivity index (χ1n) is 13.0. The number of carbonyl (C=O) groups is 4. The maximum atomic E-state index is 12.4. The van der Waals surface area contributed by atoms with Gasteiger partial charge in [0.05, 0.1) is 27.7 Å². The van der Waals surface area contributed by atoms with Crippen LogP contribution in [0.1, 0.15) is 24.0 Å². The Labute approximate surface area is 244 Å². The quantitative estimate of drug-likeness (QED) is 0.0794. The first-order valence-corrected chi connectivity index (χ1v) is 14.4. The molecule has 14 heteroatoms. The van der Waals surface area contributed by atoms with Crippen LogP contribution in [0.5, 0.6) is 0 Å². The predicted octanol–water partition coefficient (Wildman–Crippen LogP) is 1.92. The molecule has 2 aromatic carbocycles. The molecule has 2 aromatic rings. The van der Waals surface area contributed by atoms with E-state index in [1.54, 1.807) is 60.7 Å². The van der Waals surface area contributed by atoms with Crippen LogP contribution in [0.15, 0.2) is 60.7 Å². The lowest BCUT2D eigenvalue weighted by atomic mass is 10.2. The molecule has 0 spiro atoms. The van der Waals surface area contributed by atoms with Crippen molar-refractivity contribution in [1.82, 2.24) is 0 Å². The minimum absolute atomic E-state index is 0.0473. The molecule has 13 nitrogen and oxygen atoms in total. The molecule has 2 unspecified atom stereocenters. The van der Waals surface area contributed by atoms with E-state index in [2.05, 4.69) is 0 Å². The Bertz CT molecular complexity index is 1200. The lowest BCUT2D eigenvalue weighted by Crippen LogP contribution is -2.37. The van der Waals surface area contributed by atoms with Gasteiger partial charge in [-0.15, -0.1) is 0 Å². The third-order valence-corrected chi connectivity index (χ3v) is 6.19. The van der Waals surface area contributed by atoms with Crippen molar-refractivity contribution >= 4 is 31.7 Å². The Morgan fingerprint density at radius 3 is 1.69 bits per heavy atom. The van der Waals surface area contributed by atoms with Crippen LogP contribution in [-0.4, -0.2) is 82.0 Å². The summed E-state index contributed by atoms with van der Waals surface area (Å²) in [5.41, 5.74) is 1.42. The van der Waals surface area contributed by atoms with Gasteiger partial charge in [0, 0.05) is 0 Å². The second-order valence-electron chi connectivity index (χ2n) is 10.0. The SMILES string of the molecule is C[N+](C)(C)CCOP(=O)([O-])OCC(COC(=O)CC(=O)OCc1ccccc1)OC(=O)CC(=O)OCc1ccccc1. The number of quaternary nitrogens is 1. The highest BCUT2D eigenvalue weighted by Crippen LogP contribution is 2.38. The van der Waals surface area contributed by atoms with Crippen LogP contribution in [0.25, 0.3) is 0 Å². The van der Waals surface area contributed by atoms with Crippen LogP contribution in [0.3, 0.4) is 0 Å². The topological polar surface area (TPSA) is 164 Å². The third kappa shape index (κ3) is 16.0. The van der Waals surface area contributed by atoms with Gasteiger partial charge in [0.15, 0.2) is 6.10 Å². The lowest BCUT2D eigenvalue weighted by molar-refractivity contribution is -0.870. The minimum Gasteiger partial charge on any atom is -0.756 e. The number of likely N-dealkylation sites (N-methyl/N-ethyl adjacent to an activating group) is 1. The summed E-state index contributed by atoms with van der Waals surface area (Å²) in [6.45, 7) is -1.37. The third-order valence-electron chi connectivity index (χ3n) is 5.22.